The first-order valence-electron chi connectivity index (χ1n) is 10.5. The molecule has 0 aliphatic rings. The highest BCUT2D eigenvalue weighted by Crippen LogP contribution is 2.25. The Morgan fingerprint density at radius 3 is 2.56 bits per heavy atom. The first-order chi connectivity index (χ1) is 16.2. The van der Waals surface area contributed by atoms with Crippen LogP contribution < -0.4 is 10.9 Å². The van der Waals surface area contributed by atoms with E-state index in [-0.39, 0.29) is 22.9 Å². The smallest absolute Gasteiger partial charge is 0.271 e. The van der Waals surface area contributed by atoms with Crippen LogP contribution in [-0.2, 0) is 4.79 Å². The van der Waals surface area contributed by atoms with E-state index < -0.39 is 4.92 Å². The van der Waals surface area contributed by atoms with Gasteiger partial charge in [0.05, 0.1) is 33.0 Å². The fourth-order valence-corrected chi connectivity index (χ4v) is 4.46. The Labute approximate surface area is 199 Å². The Bertz CT molecular complexity index is 1500. The van der Waals surface area contributed by atoms with Crippen LogP contribution in [0.3, 0.4) is 0 Å². The summed E-state index contributed by atoms with van der Waals surface area (Å²) in [7, 11) is 0. The number of nitro groups is 1. The fourth-order valence-electron chi connectivity index (χ4n) is 3.65. The number of fused-ring (bicyclic) bond motifs is 1. The standard InChI is InChI=1S/C25H22N4O4S/c1-15-8-11-22(17(3)12-15)28-24(31)19-6-4-5-7-20(19)27-25(28)34-14-23(30)26-21-13-18(29(32)33)10-9-16(21)2/h4-13H,14H2,1-3H3,(H,26,30). The number of nitrogens with zero attached hydrogens (tertiary/aromatic N) is 3. The molecule has 0 aliphatic heterocycles. The summed E-state index contributed by atoms with van der Waals surface area (Å²) in [6.07, 6.45) is 0. The average Bonchev–Trinajstić information content (AvgIpc) is 2.80. The minimum absolute atomic E-state index is 0.0299. The van der Waals surface area contributed by atoms with E-state index in [1.165, 1.54) is 16.7 Å². The number of aryl methyl sites for hydroxylation is 3. The number of carbonyl (C=O) groups is 1. The number of benzene rings is 3. The summed E-state index contributed by atoms with van der Waals surface area (Å²) >= 11 is 1.13. The van der Waals surface area contributed by atoms with Gasteiger partial charge in [-0.25, -0.2) is 4.98 Å². The second-order valence-electron chi connectivity index (χ2n) is 7.94. The lowest BCUT2D eigenvalue weighted by Gasteiger charge is -2.15. The number of hydrogen-bond acceptors (Lipinski definition) is 6. The van der Waals surface area contributed by atoms with E-state index in [2.05, 4.69) is 10.3 Å². The third-order valence-electron chi connectivity index (χ3n) is 5.38. The van der Waals surface area contributed by atoms with Crippen molar-refractivity contribution in [1.29, 1.82) is 0 Å². The van der Waals surface area contributed by atoms with Crippen molar-refractivity contribution in [2.24, 2.45) is 0 Å². The summed E-state index contributed by atoms with van der Waals surface area (Å²) < 4.78 is 1.54. The lowest BCUT2D eigenvalue weighted by atomic mass is 10.1. The van der Waals surface area contributed by atoms with Gasteiger partial charge < -0.3 is 5.32 Å². The minimum Gasteiger partial charge on any atom is -0.325 e. The fraction of sp³-hybridized carbons (Fsp3) is 0.160. The molecule has 34 heavy (non-hydrogen) atoms. The molecule has 0 saturated heterocycles. The van der Waals surface area contributed by atoms with Gasteiger partial charge in [-0.2, -0.15) is 0 Å². The van der Waals surface area contributed by atoms with Crippen LogP contribution in [0.4, 0.5) is 11.4 Å². The average molecular weight is 475 g/mol. The number of rotatable bonds is 6. The number of thioether (sulfide) groups is 1. The van der Waals surface area contributed by atoms with Crippen LogP contribution in [-0.4, -0.2) is 26.1 Å². The number of aromatic nitrogens is 2. The molecule has 0 aliphatic carbocycles. The highest BCUT2D eigenvalue weighted by Gasteiger charge is 2.17. The molecule has 172 valence electrons. The van der Waals surface area contributed by atoms with Crippen LogP contribution in [0.5, 0.6) is 0 Å². The highest BCUT2D eigenvalue weighted by atomic mass is 32.2. The van der Waals surface area contributed by atoms with E-state index in [4.69, 9.17) is 0 Å². The van der Waals surface area contributed by atoms with Gasteiger partial charge >= 0.3 is 0 Å². The van der Waals surface area contributed by atoms with Crippen molar-refractivity contribution >= 4 is 39.9 Å². The molecule has 9 heteroatoms. The van der Waals surface area contributed by atoms with Crippen LogP contribution >= 0.6 is 11.8 Å². The number of hydrogen-bond donors (Lipinski definition) is 1. The van der Waals surface area contributed by atoms with Crippen molar-refractivity contribution in [1.82, 2.24) is 9.55 Å². The second-order valence-corrected chi connectivity index (χ2v) is 8.88. The van der Waals surface area contributed by atoms with E-state index in [1.54, 1.807) is 31.2 Å². The van der Waals surface area contributed by atoms with Crippen molar-refractivity contribution in [3.63, 3.8) is 0 Å². The Balaban J connectivity index is 1.68. The summed E-state index contributed by atoms with van der Waals surface area (Å²) in [6, 6.07) is 17.2. The van der Waals surface area contributed by atoms with Crippen molar-refractivity contribution in [2.45, 2.75) is 25.9 Å². The van der Waals surface area contributed by atoms with Gasteiger partial charge in [-0.3, -0.25) is 24.3 Å². The van der Waals surface area contributed by atoms with Crippen molar-refractivity contribution < 1.29 is 9.72 Å². The third-order valence-corrected chi connectivity index (χ3v) is 6.32. The van der Waals surface area contributed by atoms with E-state index in [9.17, 15) is 19.7 Å². The Hall–Kier alpha value is -3.98. The molecule has 0 spiro atoms. The maximum Gasteiger partial charge on any atom is 0.271 e. The first-order valence-corrected chi connectivity index (χ1v) is 11.5. The summed E-state index contributed by atoms with van der Waals surface area (Å²) in [5.74, 6) is -0.388. The minimum atomic E-state index is -0.508. The predicted molar refractivity (Wildman–Crippen MR) is 134 cm³/mol. The highest BCUT2D eigenvalue weighted by molar-refractivity contribution is 7.99. The summed E-state index contributed by atoms with van der Waals surface area (Å²) in [4.78, 5) is 41.4. The summed E-state index contributed by atoms with van der Waals surface area (Å²) in [6.45, 7) is 5.67. The van der Waals surface area contributed by atoms with E-state index in [0.717, 1.165) is 22.9 Å². The zero-order valence-electron chi connectivity index (χ0n) is 18.9. The van der Waals surface area contributed by atoms with E-state index in [1.807, 2.05) is 38.1 Å². The van der Waals surface area contributed by atoms with Gasteiger partial charge in [0, 0.05) is 12.1 Å². The predicted octanol–water partition coefficient (Wildman–Crippen LogP) is 4.95. The molecule has 1 amide bonds. The molecule has 0 unspecified atom stereocenters. The molecule has 4 rings (SSSR count). The zero-order chi connectivity index (χ0) is 24.4. The molecule has 0 saturated carbocycles. The van der Waals surface area contributed by atoms with Crippen molar-refractivity contribution in [3.8, 4) is 5.69 Å². The SMILES string of the molecule is Cc1ccc(-n2c(SCC(=O)Nc3cc([N+](=O)[O-])ccc3C)nc3ccccc3c2=O)c(C)c1. The molecular weight excluding hydrogens is 452 g/mol. The Morgan fingerprint density at radius 2 is 1.82 bits per heavy atom. The molecular formula is C25H22N4O4S. The number of amides is 1. The quantitative estimate of drug-likeness (QED) is 0.183. The van der Waals surface area contributed by atoms with Crippen LogP contribution in [0.25, 0.3) is 16.6 Å². The second kappa shape index (κ2) is 9.48. The molecule has 1 heterocycles. The van der Waals surface area contributed by atoms with Gasteiger partial charge in [0.15, 0.2) is 5.16 Å². The van der Waals surface area contributed by atoms with E-state index in [0.29, 0.717) is 33.0 Å². The van der Waals surface area contributed by atoms with E-state index >= 15 is 0 Å². The monoisotopic (exact) mass is 474 g/mol. The topological polar surface area (TPSA) is 107 Å². The van der Waals surface area contributed by atoms with Crippen LogP contribution in [0.2, 0.25) is 0 Å². The normalized spacial score (nSPS) is 10.9. The molecule has 1 N–H and O–H groups in total. The molecule has 0 bridgehead atoms. The maximum absolute atomic E-state index is 13.4. The van der Waals surface area contributed by atoms with Gasteiger partial charge in [0.2, 0.25) is 5.91 Å². The first kappa shape index (κ1) is 23.2. The molecule has 8 nitrogen and oxygen atoms in total. The number of nitrogens with one attached hydrogen (secondary N) is 1. The lowest BCUT2D eigenvalue weighted by Crippen LogP contribution is -2.23. The molecule has 4 aromatic rings. The Kier molecular flexibility index (Phi) is 6.47. The number of carbonyl (C=O) groups excluding carboxylic acids is 1. The maximum atomic E-state index is 13.4. The van der Waals surface area contributed by atoms with Crippen molar-refractivity contribution in [2.75, 3.05) is 11.1 Å². The van der Waals surface area contributed by atoms with Crippen LogP contribution in [0.15, 0.2) is 70.6 Å². The number of non-ortho nitro benzene ring substituents is 1. The lowest BCUT2D eigenvalue weighted by molar-refractivity contribution is -0.384. The van der Waals surface area contributed by atoms with Crippen LogP contribution in [0, 0.1) is 30.9 Å². The van der Waals surface area contributed by atoms with Gasteiger partial charge in [0.1, 0.15) is 0 Å². The number of nitro benzene ring substituents is 1. The van der Waals surface area contributed by atoms with Gasteiger partial charge in [0.25, 0.3) is 11.2 Å². The van der Waals surface area contributed by atoms with Gasteiger partial charge in [-0.1, -0.05) is 47.7 Å². The molecule has 1 aromatic heterocycles. The van der Waals surface area contributed by atoms with Crippen LogP contribution in [0.1, 0.15) is 16.7 Å². The number of anilines is 1. The largest absolute Gasteiger partial charge is 0.325 e. The zero-order valence-corrected chi connectivity index (χ0v) is 19.7. The molecule has 0 radical (unpaired) electrons. The molecule has 0 fully saturated rings. The third kappa shape index (κ3) is 4.69. The van der Waals surface area contributed by atoms with Crippen molar-refractivity contribution in [3.05, 3.63) is 97.8 Å². The molecule has 0 atom stereocenters. The molecule has 3 aromatic carbocycles. The van der Waals surface area contributed by atoms with Gasteiger partial charge in [-0.15, -0.1) is 0 Å². The number of para-hydroxylation sites is 1. The Morgan fingerprint density at radius 1 is 1.06 bits per heavy atom. The van der Waals surface area contributed by atoms with Gasteiger partial charge in [-0.05, 0) is 50.1 Å². The summed E-state index contributed by atoms with van der Waals surface area (Å²) in [5, 5.41) is 14.7. The summed E-state index contributed by atoms with van der Waals surface area (Å²) in [5.41, 5.74) is 4.00.